The summed E-state index contributed by atoms with van der Waals surface area (Å²) in [6.45, 7) is 1.77. The first-order chi connectivity index (χ1) is 13.7. The molecule has 144 valence electrons. The zero-order valence-corrected chi connectivity index (χ0v) is 16.2. The number of ether oxygens (including phenoxy) is 1. The van der Waals surface area contributed by atoms with E-state index in [1.54, 1.807) is 24.7 Å². The van der Waals surface area contributed by atoms with Crippen LogP contribution in [-0.4, -0.2) is 40.1 Å². The number of amides is 1. The predicted molar refractivity (Wildman–Crippen MR) is 108 cm³/mol. The minimum atomic E-state index is -0.545. The number of primary amides is 1. The van der Waals surface area contributed by atoms with Crippen molar-refractivity contribution < 1.29 is 9.53 Å². The fraction of sp³-hybridized carbons (Fsp3) is 0.400. The standard InChI is InChI=1S/C20H21N5O2S/c21-18(26)15-10-13(4-7-22-15)27-12-5-8-25(9-6-12)19-17-14-2-1-3-16(14)28-20(17)24-11-23-19/h4,7,10-12H,1-3,5-6,8-9H2,(H2,21,26). The van der Waals surface area contributed by atoms with Crippen molar-refractivity contribution in [3.05, 3.63) is 40.8 Å². The van der Waals surface area contributed by atoms with Crippen LogP contribution in [0.15, 0.2) is 24.7 Å². The van der Waals surface area contributed by atoms with E-state index in [2.05, 4.69) is 19.9 Å². The average Bonchev–Trinajstić information content (AvgIpc) is 3.30. The van der Waals surface area contributed by atoms with Gasteiger partial charge < -0.3 is 15.4 Å². The van der Waals surface area contributed by atoms with Gasteiger partial charge in [-0.05, 0) is 30.9 Å². The fourth-order valence-electron chi connectivity index (χ4n) is 4.15. The second-order valence-corrected chi connectivity index (χ2v) is 8.36. The molecule has 2 aliphatic rings. The van der Waals surface area contributed by atoms with E-state index in [1.807, 2.05) is 11.3 Å². The van der Waals surface area contributed by atoms with Gasteiger partial charge in [-0.25, -0.2) is 9.97 Å². The Balaban J connectivity index is 1.31. The lowest BCUT2D eigenvalue weighted by Crippen LogP contribution is -2.38. The van der Waals surface area contributed by atoms with E-state index >= 15 is 0 Å². The largest absolute Gasteiger partial charge is 0.490 e. The summed E-state index contributed by atoms with van der Waals surface area (Å²) in [5, 5.41) is 1.26. The Morgan fingerprint density at radius 3 is 2.89 bits per heavy atom. The van der Waals surface area contributed by atoms with E-state index in [0.717, 1.165) is 43.0 Å². The molecule has 0 bridgehead atoms. The smallest absolute Gasteiger partial charge is 0.267 e. The summed E-state index contributed by atoms with van der Waals surface area (Å²) in [6, 6.07) is 3.37. The van der Waals surface area contributed by atoms with Crippen molar-refractivity contribution in [1.82, 2.24) is 15.0 Å². The number of fused-ring (bicyclic) bond motifs is 3. The monoisotopic (exact) mass is 395 g/mol. The van der Waals surface area contributed by atoms with Crippen LogP contribution in [0.4, 0.5) is 5.82 Å². The van der Waals surface area contributed by atoms with Crippen molar-refractivity contribution in [3.63, 3.8) is 0 Å². The van der Waals surface area contributed by atoms with Gasteiger partial charge in [0, 0.05) is 43.1 Å². The summed E-state index contributed by atoms with van der Waals surface area (Å²) in [7, 11) is 0. The molecule has 0 spiro atoms. The lowest BCUT2D eigenvalue weighted by Gasteiger charge is -2.33. The van der Waals surface area contributed by atoms with Gasteiger partial charge in [-0.1, -0.05) is 0 Å². The van der Waals surface area contributed by atoms with Crippen LogP contribution >= 0.6 is 11.3 Å². The fourth-order valence-corrected chi connectivity index (χ4v) is 5.37. The molecule has 1 amide bonds. The molecule has 0 aromatic carbocycles. The van der Waals surface area contributed by atoms with Gasteiger partial charge in [0.25, 0.3) is 5.91 Å². The number of thiophene rings is 1. The molecule has 0 radical (unpaired) electrons. The Kier molecular flexibility index (Phi) is 4.35. The SMILES string of the molecule is NC(=O)c1cc(OC2CCN(c3ncnc4sc5c(c34)CCC5)CC2)ccn1. The van der Waals surface area contributed by atoms with Gasteiger partial charge in [0.2, 0.25) is 0 Å². The van der Waals surface area contributed by atoms with Crippen LogP contribution in [0.1, 0.15) is 40.2 Å². The third-order valence-electron chi connectivity index (χ3n) is 5.51. The molecular weight excluding hydrogens is 374 g/mol. The topological polar surface area (TPSA) is 94.2 Å². The van der Waals surface area contributed by atoms with Crippen LogP contribution in [0.25, 0.3) is 10.2 Å². The van der Waals surface area contributed by atoms with Gasteiger partial charge >= 0.3 is 0 Å². The average molecular weight is 395 g/mol. The molecule has 0 unspecified atom stereocenters. The molecule has 0 atom stereocenters. The first-order valence-corrected chi connectivity index (χ1v) is 10.4. The number of carbonyl (C=O) groups excluding carboxylic acids is 1. The number of hydrogen-bond acceptors (Lipinski definition) is 7. The molecule has 1 fully saturated rings. The molecular formula is C20H21N5O2S. The van der Waals surface area contributed by atoms with Crippen molar-refractivity contribution in [2.75, 3.05) is 18.0 Å². The third kappa shape index (κ3) is 3.07. The van der Waals surface area contributed by atoms with Crippen molar-refractivity contribution in [1.29, 1.82) is 0 Å². The second kappa shape index (κ2) is 7.01. The van der Waals surface area contributed by atoms with Crippen LogP contribution in [0.5, 0.6) is 5.75 Å². The van der Waals surface area contributed by atoms with Gasteiger partial charge in [-0.3, -0.25) is 9.78 Å². The molecule has 0 saturated carbocycles. The highest BCUT2D eigenvalue weighted by atomic mass is 32.1. The number of piperidine rings is 1. The number of pyridine rings is 1. The minimum absolute atomic E-state index is 0.102. The highest BCUT2D eigenvalue weighted by molar-refractivity contribution is 7.19. The Morgan fingerprint density at radius 2 is 2.07 bits per heavy atom. The molecule has 7 nitrogen and oxygen atoms in total. The van der Waals surface area contributed by atoms with Gasteiger partial charge in [0.15, 0.2) is 0 Å². The molecule has 8 heteroatoms. The first kappa shape index (κ1) is 17.4. The van der Waals surface area contributed by atoms with E-state index < -0.39 is 5.91 Å². The third-order valence-corrected chi connectivity index (χ3v) is 6.71. The Hall–Kier alpha value is -2.74. The maximum Gasteiger partial charge on any atom is 0.267 e. The maximum atomic E-state index is 11.3. The maximum absolute atomic E-state index is 11.3. The predicted octanol–water partition coefficient (Wildman–Crippen LogP) is 2.72. The Bertz CT molecular complexity index is 1040. The Morgan fingerprint density at radius 1 is 1.21 bits per heavy atom. The number of anilines is 1. The molecule has 4 heterocycles. The molecule has 3 aromatic heterocycles. The molecule has 1 aliphatic carbocycles. The van der Waals surface area contributed by atoms with Crippen molar-refractivity contribution in [3.8, 4) is 5.75 Å². The highest BCUT2D eigenvalue weighted by Crippen LogP contribution is 2.40. The van der Waals surface area contributed by atoms with Crippen molar-refractivity contribution >= 4 is 33.3 Å². The number of nitrogens with zero attached hydrogens (tertiary/aromatic N) is 4. The van der Waals surface area contributed by atoms with E-state index in [9.17, 15) is 4.79 Å². The van der Waals surface area contributed by atoms with Crippen LogP contribution in [0.2, 0.25) is 0 Å². The number of nitrogens with two attached hydrogens (primary N) is 1. The second-order valence-electron chi connectivity index (χ2n) is 7.28. The highest BCUT2D eigenvalue weighted by Gasteiger charge is 2.27. The quantitative estimate of drug-likeness (QED) is 0.730. The number of carbonyl (C=O) groups is 1. The van der Waals surface area contributed by atoms with Crippen molar-refractivity contribution in [2.24, 2.45) is 5.73 Å². The zero-order chi connectivity index (χ0) is 19.1. The summed E-state index contributed by atoms with van der Waals surface area (Å²) < 4.78 is 6.07. The molecule has 2 N–H and O–H groups in total. The lowest BCUT2D eigenvalue weighted by atomic mass is 10.1. The summed E-state index contributed by atoms with van der Waals surface area (Å²) >= 11 is 1.82. The number of hydrogen-bond donors (Lipinski definition) is 1. The van der Waals surface area contributed by atoms with Gasteiger partial charge in [0.05, 0.1) is 5.39 Å². The van der Waals surface area contributed by atoms with Gasteiger partial charge in [-0.2, -0.15) is 0 Å². The van der Waals surface area contributed by atoms with E-state index in [-0.39, 0.29) is 11.8 Å². The molecule has 1 saturated heterocycles. The van der Waals surface area contributed by atoms with Gasteiger partial charge in [-0.15, -0.1) is 11.3 Å². The molecule has 5 rings (SSSR count). The summed E-state index contributed by atoms with van der Waals surface area (Å²) in [5.74, 6) is 1.17. The first-order valence-electron chi connectivity index (χ1n) is 9.62. The van der Waals surface area contributed by atoms with Crippen LogP contribution < -0.4 is 15.4 Å². The number of rotatable bonds is 4. The zero-order valence-electron chi connectivity index (χ0n) is 15.4. The van der Waals surface area contributed by atoms with Crippen molar-refractivity contribution in [2.45, 2.75) is 38.2 Å². The lowest BCUT2D eigenvalue weighted by molar-refractivity contribution is 0.0994. The van der Waals surface area contributed by atoms with Gasteiger partial charge in [0.1, 0.15) is 34.5 Å². The number of aryl methyl sites for hydroxylation is 2. The summed E-state index contributed by atoms with van der Waals surface area (Å²) in [4.78, 5) is 29.4. The molecule has 3 aromatic rings. The molecule has 1 aliphatic heterocycles. The normalized spacial score (nSPS) is 17.1. The van der Waals surface area contributed by atoms with Crippen LogP contribution in [0.3, 0.4) is 0 Å². The summed E-state index contributed by atoms with van der Waals surface area (Å²) in [6.07, 6.45) is 8.68. The molecule has 28 heavy (non-hydrogen) atoms. The minimum Gasteiger partial charge on any atom is -0.490 e. The van der Waals surface area contributed by atoms with E-state index in [1.165, 1.54) is 28.7 Å². The van der Waals surface area contributed by atoms with Crippen LogP contribution in [-0.2, 0) is 12.8 Å². The van der Waals surface area contributed by atoms with E-state index in [4.69, 9.17) is 10.5 Å². The van der Waals surface area contributed by atoms with E-state index in [0.29, 0.717) is 5.75 Å². The number of aromatic nitrogens is 3. The Labute approximate surface area is 166 Å². The van der Waals surface area contributed by atoms with Crippen LogP contribution in [0, 0.1) is 0 Å². The summed E-state index contributed by atoms with van der Waals surface area (Å²) in [5.41, 5.74) is 6.99.